The molecule has 2 atom stereocenters. The van der Waals surface area contributed by atoms with Crippen molar-refractivity contribution in [3.8, 4) is 0 Å². The first-order chi connectivity index (χ1) is 8.29. The van der Waals surface area contributed by atoms with Gasteiger partial charge in [0.1, 0.15) is 6.04 Å². The minimum atomic E-state index is -0.929. The molecule has 5 nitrogen and oxygen atoms in total. The molecular formula is C13H24N2O3. The van der Waals surface area contributed by atoms with Gasteiger partial charge in [-0.1, -0.05) is 6.92 Å². The summed E-state index contributed by atoms with van der Waals surface area (Å²) in [6.07, 6.45) is 1.59. The Morgan fingerprint density at radius 1 is 1.61 bits per heavy atom. The minimum absolute atomic E-state index is 0.139. The Morgan fingerprint density at radius 2 is 2.22 bits per heavy atom. The molecule has 5 heteroatoms. The number of nitrogens with one attached hydrogen (secondary N) is 1. The maximum absolute atomic E-state index is 12.1. The van der Waals surface area contributed by atoms with Crippen LogP contribution in [0.25, 0.3) is 0 Å². The Balaban J connectivity index is 3.09. The standard InChI is InChI=1S/C13H24N2O3/c1-5-9(2)15-10(8-11(16)17)12(18)14-7-6-13(15,3)4/h9-10H,5-8H2,1-4H3,(H,14,18)(H,16,17). The molecule has 0 aliphatic carbocycles. The molecule has 1 rings (SSSR count). The average molecular weight is 256 g/mol. The molecule has 1 aliphatic rings. The average Bonchev–Trinajstić information content (AvgIpc) is 2.35. The van der Waals surface area contributed by atoms with Gasteiger partial charge in [0, 0.05) is 18.1 Å². The molecule has 0 radical (unpaired) electrons. The van der Waals surface area contributed by atoms with E-state index in [2.05, 4.69) is 37.9 Å². The van der Waals surface area contributed by atoms with Gasteiger partial charge in [0.15, 0.2) is 0 Å². The highest BCUT2D eigenvalue weighted by atomic mass is 16.4. The summed E-state index contributed by atoms with van der Waals surface area (Å²) in [6, 6.07) is -0.386. The lowest BCUT2D eigenvalue weighted by Crippen LogP contribution is -2.56. The molecule has 1 aliphatic heterocycles. The van der Waals surface area contributed by atoms with Crippen LogP contribution in [0.1, 0.15) is 47.0 Å². The third-order valence-electron chi connectivity index (χ3n) is 3.81. The molecule has 1 amide bonds. The van der Waals surface area contributed by atoms with Crippen LogP contribution in [0.3, 0.4) is 0 Å². The van der Waals surface area contributed by atoms with Crippen molar-refractivity contribution >= 4 is 11.9 Å². The second kappa shape index (κ2) is 5.69. The van der Waals surface area contributed by atoms with Gasteiger partial charge in [0.05, 0.1) is 6.42 Å². The van der Waals surface area contributed by atoms with Gasteiger partial charge in [0.25, 0.3) is 0 Å². The molecule has 0 spiro atoms. The predicted octanol–water partition coefficient (Wildman–Crippen LogP) is 1.23. The number of carbonyl (C=O) groups excluding carboxylic acids is 1. The second-order valence-corrected chi connectivity index (χ2v) is 5.63. The van der Waals surface area contributed by atoms with Crippen molar-refractivity contribution in [2.45, 2.75) is 64.6 Å². The fourth-order valence-electron chi connectivity index (χ4n) is 2.74. The van der Waals surface area contributed by atoms with Crippen LogP contribution in [0.2, 0.25) is 0 Å². The summed E-state index contributed by atoms with van der Waals surface area (Å²) in [5.41, 5.74) is -0.172. The lowest BCUT2D eigenvalue weighted by atomic mass is 9.93. The summed E-state index contributed by atoms with van der Waals surface area (Å²) in [5, 5.41) is 11.8. The lowest BCUT2D eigenvalue weighted by Gasteiger charge is -2.44. The fraction of sp³-hybridized carbons (Fsp3) is 0.846. The van der Waals surface area contributed by atoms with Gasteiger partial charge in [-0.25, -0.2) is 0 Å². The number of carbonyl (C=O) groups is 2. The Morgan fingerprint density at radius 3 is 2.72 bits per heavy atom. The number of aliphatic carboxylic acids is 1. The Hall–Kier alpha value is -1.10. The topological polar surface area (TPSA) is 69.6 Å². The SMILES string of the molecule is CCC(C)N1C(CC(=O)O)C(=O)NCCC1(C)C. The molecule has 1 fully saturated rings. The van der Waals surface area contributed by atoms with E-state index in [1.54, 1.807) is 0 Å². The van der Waals surface area contributed by atoms with E-state index < -0.39 is 12.0 Å². The van der Waals surface area contributed by atoms with Crippen molar-refractivity contribution in [1.29, 1.82) is 0 Å². The fourth-order valence-corrected chi connectivity index (χ4v) is 2.74. The van der Waals surface area contributed by atoms with Crippen molar-refractivity contribution in [2.24, 2.45) is 0 Å². The largest absolute Gasteiger partial charge is 0.481 e. The van der Waals surface area contributed by atoms with E-state index in [4.69, 9.17) is 5.11 Å². The van der Waals surface area contributed by atoms with E-state index in [-0.39, 0.29) is 23.9 Å². The molecular weight excluding hydrogens is 232 g/mol. The molecule has 104 valence electrons. The van der Waals surface area contributed by atoms with Crippen molar-refractivity contribution in [2.75, 3.05) is 6.54 Å². The smallest absolute Gasteiger partial charge is 0.305 e. The predicted molar refractivity (Wildman–Crippen MR) is 69.3 cm³/mol. The summed E-state index contributed by atoms with van der Waals surface area (Å²) < 4.78 is 0. The molecule has 0 saturated carbocycles. The molecule has 1 saturated heterocycles. The number of carboxylic acid groups (broad SMARTS) is 1. The lowest BCUT2D eigenvalue weighted by molar-refractivity contribution is -0.143. The van der Waals surface area contributed by atoms with Crippen LogP contribution in [0.15, 0.2) is 0 Å². The highest BCUT2D eigenvalue weighted by Crippen LogP contribution is 2.29. The Bertz CT molecular complexity index is 328. The van der Waals surface area contributed by atoms with Gasteiger partial charge in [0.2, 0.25) is 5.91 Å². The quantitative estimate of drug-likeness (QED) is 0.793. The zero-order chi connectivity index (χ0) is 13.9. The number of amides is 1. The first kappa shape index (κ1) is 15.0. The van der Waals surface area contributed by atoms with Gasteiger partial charge in [-0.05, 0) is 33.6 Å². The molecule has 2 unspecified atom stereocenters. The van der Waals surface area contributed by atoms with Crippen LogP contribution in [0.5, 0.6) is 0 Å². The van der Waals surface area contributed by atoms with Crippen LogP contribution in [0, 0.1) is 0 Å². The highest BCUT2D eigenvalue weighted by molar-refractivity contribution is 5.86. The Kier molecular flexibility index (Phi) is 4.73. The second-order valence-electron chi connectivity index (χ2n) is 5.63. The van der Waals surface area contributed by atoms with Crippen molar-refractivity contribution in [3.05, 3.63) is 0 Å². The summed E-state index contributed by atoms with van der Waals surface area (Å²) in [7, 11) is 0. The van der Waals surface area contributed by atoms with E-state index in [0.29, 0.717) is 6.54 Å². The maximum atomic E-state index is 12.1. The van der Waals surface area contributed by atoms with Crippen molar-refractivity contribution < 1.29 is 14.7 Å². The normalized spacial score (nSPS) is 26.2. The van der Waals surface area contributed by atoms with Gasteiger partial charge >= 0.3 is 5.97 Å². The molecule has 0 aromatic heterocycles. The van der Waals surface area contributed by atoms with Crippen molar-refractivity contribution in [1.82, 2.24) is 10.2 Å². The third kappa shape index (κ3) is 3.22. The van der Waals surface area contributed by atoms with E-state index in [9.17, 15) is 9.59 Å². The molecule has 18 heavy (non-hydrogen) atoms. The summed E-state index contributed by atoms with van der Waals surface area (Å²) in [5.74, 6) is -1.09. The number of hydrogen-bond acceptors (Lipinski definition) is 3. The van der Waals surface area contributed by atoms with Gasteiger partial charge in [-0.2, -0.15) is 0 Å². The van der Waals surface area contributed by atoms with E-state index in [1.165, 1.54) is 0 Å². The summed E-state index contributed by atoms with van der Waals surface area (Å²) >= 11 is 0. The maximum Gasteiger partial charge on any atom is 0.305 e. The molecule has 2 N–H and O–H groups in total. The van der Waals surface area contributed by atoms with E-state index in [1.807, 2.05) is 0 Å². The third-order valence-corrected chi connectivity index (χ3v) is 3.81. The van der Waals surface area contributed by atoms with Crippen LogP contribution in [-0.4, -0.2) is 46.1 Å². The zero-order valence-electron chi connectivity index (χ0n) is 11.7. The van der Waals surface area contributed by atoms with E-state index >= 15 is 0 Å². The molecule has 0 aromatic rings. The van der Waals surface area contributed by atoms with Gasteiger partial charge in [-0.15, -0.1) is 0 Å². The van der Waals surface area contributed by atoms with E-state index in [0.717, 1.165) is 12.8 Å². The Labute approximate surface area is 109 Å². The number of rotatable bonds is 4. The van der Waals surface area contributed by atoms with Gasteiger partial charge < -0.3 is 10.4 Å². The summed E-state index contributed by atoms with van der Waals surface area (Å²) in [6.45, 7) is 8.87. The monoisotopic (exact) mass is 256 g/mol. The first-order valence-electron chi connectivity index (χ1n) is 6.57. The van der Waals surface area contributed by atoms with Crippen LogP contribution >= 0.6 is 0 Å². The highest BCUT2D eigenvalue weighted by Gasteiger charge is 2.41. The number of hydrogen-bond donors (Lipinski definition) is 2. The number of nitrogens with zero attached hydrogens (tertiary/aromatic N) is 1. The molecule has 0 bridgehead atoms. The zero-order valence-corrected chi connectivity index (χ0v) is 11.7. The first-order valence-corrected chi connectivity index (χ1v) is 6.57. The van der Waals surface area contributed by atoms with Crippen LogP contribution < -0.4 is 5.32 Å². The van der Waals surface area contributed by atoms with Crippen LogP contribution in [0.4, 0.5) is 0 Å². The molecule has 0 aromatic carbocycles. The van der Waals surface area contributed by atoms with Crippen molar-refractivity contribution in [3.63, 3.8) is 0 Å². The van der Waals surface area contributed by atoms with Crippen LogP contribution in [-0.2, 0) is 9.59 Å². The van der Waals surface area contributed by atoms with Gasteiger partial charge in [-0.3, -0.25) is 14.5 Å². The number of carboxylic acids is 1. The minimum Gasteiger partial charge on any atom is -0.481 e. The molecule has 1 heterocycles. The summed E-state index contributed by atoms with van der Waals surface area (Å²) in [4.78, 5) is 25.1.